The van der Waals surface area contributed by atoms with Crippen LogP contribution >= 0.6 is 0 Å². The number of ether oxygens (including phenoxy) is 2. The average molecular weight is 397 g/mol. The van der Waals surface area contributed by atoms with E-state index in [1.165, 1.54) is 5.56 Å². The van der Waals surface area contributed by atoms with Crippen molar-refractivity contribution in [3.8, 4) is 11.5 Å². The molecular weight excluding hydrogens is 370 g/mol. The Morgan fingerprint density at radius 1 is 1.10 bits per heavy atom. The largest absolute Gasteiger partial charge is 0.490 e. The lowest BCUT2D eigenvalue weighted by Gasteiger charge is -2.28. The Morgan fingerprint density at radius 2 is 1.93 bits per heavy atom. The van der Waals surface area contributed by atoms with Gasteiger partial charge in [0, 0.05) is 6.42 Å². The fourth-order valence-corrected chi connectivity index (χ4v) is 2.74. The van der Waals surface area contributed by atoms with Crippen LogP contribution in [-0.4, -0.2) is 37.7 Å². The summed E-state index contributed by atoms with van der Waals surface area (Å²) in [6.07, 6.45) is 2.00. The smallest absolute Gasteiger partial charge is 0.240 e. The third-order valence-corrected chi connectivity index (χ3v) is 4.30. The Kier molecular flexibility index (Phi) is 7.43. The molecule has 0 radical (unpaired) electrons. The zero-order valence-electron chi connectivity index (χ0n) is 16.6. The third kappa shape index (κ3) is 6.20. The van der Waals surface area contributed by atoms with Gasteiger partial charge in [-0.2, -0.15) is 5.10 Å². The lowest BCUT2D eigenvalue weighted by Crippen LogP contribution is -2.68. The average Bonchev–Trinajstić information content (AvgIpc) is 2.73. The molecule has 4 N–H and O–H groups in total. The summed E-state index contributed by atoms with van der Waals surface area (Å²) in [5.41, 5.74) is 10.7. The Labute approximate surface area is 170 Å². The van der Waals surface area contributed by atoms with E-state index < -0.39 is 6.29 Å². The van der Waals surface area contributed by atoms with Crippen LogP contribution in [0.15, 0.2) is 53.6 Å². The molecule has 1 heterocycles. The number of carbonyl (C=O) groups is 1. The molecular formula is C21H27N5O3. The van der Waals surface area contributed by atoms with Gasteiger partial charge in [0.1, 0.15) is 0 Å². The molecule has 154 valence electrons. The number of nitrogens with zero attached hydrogens (tertiary/aromatic N) is 1. The van der Waals surface area contributed by atoms with Crippen molar-refractivity contribution in [3.05, 3.63) is 59.7 Å². The van der Waals surface area contributed by atoms with Gasteiger partial charge in [0.15, 0.2) is 17.8 Å². The molecule has 2 aromatic carbocycles. The molecule has 0 aromatic heterocycles. The van der Waals surface area contributed by atoms with Gasteiger partial charge in [-0.25, -0.2) is 10.9 Å². The molecule has 1 aliphatic rings. The van der Waals surface area contributed by atoms with Crippen LogP contribution in [0.1, 0.15) is 25.0 Å². The zero-order valence-corrected chi connectivity index (χ0v) is 16.6. The SMILES string of the molecule is CCOc1cc(/C=N/NC2NNC(C)C(=O)N2)ccc1OCCc1ccccc1. The summed E-state index contributed by atoms with van der Waals surface area (Å²) in [6, 6.07) is 15.6. The maximum Gasteiger partial charge on any atom is 0.240 e. The molecule has 29 heavy (non-hydrogen) atoms. The van der Waals surface area contributed by atoms with E-state index in [1.54, 1.807) is 13.1 Å². The summed E-state index contributed by atoms with van der Waals surface area (Å²) < 4.78 is 11.6. The molecule has 2 aromatic rings. The van der Waals surface area contributed by atoms with Gasteiger partial charge in [0.2, 0.25) is 5.91 Å². The van der Waals surface area contributed by atoms with Gasteiger partial charge in [0.05, 0.1) is 25.5 Å². The third-order valence-electron chi connectivity index (χ3n) is 4.30. The molecule has 1 saturated heterocycles. The highest BCUT2D eigenvalue weighted by Crippen LogP contribution is 2.28. The van der Waals surface area contributed by atoms with Crippen LogP contribution in [0.25, 0.3) is 0 Å². The van der Waals surface area contributed by atoms with Gasteiger partial charge in [0.25, 0.3) is 0 Å². The molecule has 2 unspecified atom stereocenters. The predicted octanol–water partition coefficient (Wildman–Crippen LogP) is 1.53. The van der Waals surface area contributed by atoms with Crippen molar-refractivity contribution in [3.63, 3.8) is 0 Å². The number of hydrazone groups is 1. The lowest BCUT2D eigenvalue weighted by molar-refractivity contribution is -0.126. The van der Waals surface area contributed by atoms with E-state index in [0.717, 1.165) is 12.0 Å². The van der Waals surface area contributed by atoms with Crippen LogP contribution in [0.5, 0.6) is 11.5 Å². The highest BCUT2D eigenvalue weighted by atomic mass is 16.5. The molecule has 0 saturated carbocycles. The number of hydrazine groups is 1. The Balaban J connectivity index is 1.56. The Hall–Kier alpha value is -3.10. The molecule has 8 heteroatoms. The monoisotopic (exact) mass is 397 g/mol. The van der Waals surface area contributed by atoms with Crippen LogP contribution in [0.4, 0.5) is 0 Å². The van der Waals surface area contributed by atoms with Crippen LogP contribution < -0.4 is 31.1 Å². The van der Waals surface area contributed by atoms with Crippen molar-refractivity contribution < 1.29 is 14.3 Å². The molecule has 8 nitrogen and oxygen atoms in total. The van der Waals surface area contributed by atoms with Gasteiger partial charge in [-0.3, -0.25) is 10.2 Å². The van der Waals surface area contributed by atoms with E-state index in [2.05, 4.69) is 38.8 Å². The highest BCUT2D eigenvalue weighted by molar-refractivity contribution is 5.82. The maximum absolute atomic E-state index is 11.6. The van der Waals surface area contributed by atoms with Gasteiger partial charge in [-0.15, -0.1) is 0 Å². The lowest BCUT2D eigenvalue weighted by atomic mass is 10.2. The summed E-state index contributed by atoms with van der Waals surface area (Å²) in [7, 11) is 0. The van der Waals surface area contributed by atoms with Crippen LogP contribution in [-0.2, 0) is 11.2 Å². The summed E-state index contributed by atoms with van der Waals surface area (Å²) in [5.74, 6) is 1.27. The van der Waals surface area contributed by atoms with Crippen LogP contribution in [0.3, 0.4) is 0 Å². The number of amides is 1. The molecule has 2 atom stereocenters. The second-order valence-corrected chi connectivity index (χ2v) is 6.56. The van der Waals surface area contributed by atoms with Crippen molar-refractivity contribution in [2.24, 2.45) is 5.10 Å². The first kappa shape index (κ1) is 20.6. The van der Waals surface area contributed by atoms with Crippen LogP contribution in [0, 0.1) is 0 Å². The topological polar surface area (TPSA) is 96.0 Å². The van der Waals surface area contributed by atoms with Crippen molar-refractivity contribution in [1.29, 1.82) is 0 Å². The van der Waals surface area contributed by atoms with E-state index in [1.807, 2.05) is 43.3 Å². The second kappa shape index (κ2) is 10.4. The first-order chi connectivity index (χ1) is 14.2. The molecule has 0 aliphatic carbocycles. The summed E-state index contributed by atoms with van der Waals surface area (Å²) >= 11 is 0. The number of carbonyl (C=O) groups excluding carboxylic acids is 1. The Bertz CT molecular complexity index is 828. The maximum atomic E-state index is 11.6. The summed E-state index contributed by atoms with van der Waals surface area (Å²) in [5, 5.41) is 6.92. The van der Waals surface area contributed by atoms with E-state index in [9.17, 15) is 4.79 Å². The van der Waals surface area contributed by atoms with Crippen molar-refractivity contribution in [2.75, 3.05) is 13.2 Å². The molecule has 3 rings (SSSR count). The minimum absolute atomic E-state index is 0.105. The number of hydrogen-bond acceptors (Lipinski definition) is 7. The van der Waals surface area contributed by atoms with Crippen LogP contribution in [0.2, 0.25) is 0 Å². The predicted molar refractivity (Wildman–Crippen MR) is 112 cm³/mol. The molecule has 1 aliphatic heterocycles. The number of rotatable bonds is 9. The van der Waals surface area contributed by atoms with Gasteiger partial charge in [-0.05, 0) is 43.2 Å². The van der Waals surface area contributed by atoms with E-state index in [-0.39, 0.29) is 11.9 Å². The van der Waals surface area contributed by atoms with Gasteiger partial charge in [-0.1, -0.05) is 30.3 Å². The van der Waals surface area contributed by atoms with E-state index in [0.29, 0.717) is 24.7 Å². The number of hydrogen-bond donors (Lipinski definition) is 4. The van der Waals surface area contributed by atoms with Crippen molar-refractivity contribution >= 4 is 12.1 Å². The fourth-order valence-electron chi connectivity index (χ4n) is 2.74. The summed E-state index contributed by atoms with van der Waals surface area (Å²) in [6.45, 7) is 4.80. The summed E-state index contributed by atoms with van der Waals surface area (Å²) in [4.78, 5) is 11.6. The molecule has 0 bridgehead atoms. The number of benzene rings is 2. The fraction of sp³-hybridized carbons (Fsp3) is 0.333. The second-order valence-electron chi connectivity index (χ2n) is 6.56. The molecule has 0 spiro atoms. The zero-order chi connectivity index (χ0) is 20.5. The standard InChI is InChI=1S/C21H27N5O3/c1-3-28-19-13-17(14-22-25-21-23-20(27)15(2)24-26-21)9-10-18(19)29-12-11-16-7-5-4-6-8-16/h4-10,13-15,21,24-26H,3,11-12H2,1-2H3,(H,23,27)/b22-14+. The van der Waals surface area contributed by atoms with E-state index in [4.69, 9.17) is 9.47 Å². The quantitative estimate of drug-likeness (QED) is 0.379. The van der Waals surface area contributed by atoms with Gasteiger partial charge < -0.3 is 14.8 Å². The van der Waals surface area contributed by atoms with Crippen molar-refractivity contribution in [2.45, 2.75) is 32.6 Å². The van der Waals surface area contributed by atoms with Crippen molar-refractivity contribution in [1.82, 2.24) is 21.6 Å². The molecule has 1 fully saturated rings. The highest BCUT2D eigenvalue weighted by Gasteiger charge is 2.22. The normalized spacial score (nSPS) is 19.0. The number of nitrogens with one attached hydrogen (secondary N) is 4. The molecule has 1 amide bonds. The first-order valence-corrected chi connectivity index (χ1v) is 9.69. The van der Waals surface area contributed by atoms with Gasteiger partial charge >= 0.3 is 0 Å². The minimum Gasteiger partial charge on any atom is -0.490 e. The minimum atomic E-state index is -0.484. The van der Waals surface area contributed by atoms with E-state index >= 15 is 0 Å². The first-order valence-electron chi connectivity index (χ1n) is 9.69. The Morgan fingerprint density at radius 3 is 2.69 bits per heavy atom.